The molecule has 1 saturated heterocycles. The van der Waals surface area contributed by atoms with Gasteiger partial charge in [-0.2, -0.15) is 5.10 Å². The lowest BCUT2D eigenvalue weighted by molar-refractivity contribution is -0.386. The molecule has 0 aromatic carbocycles. The molecule has 1 saturated carbocycles. The number of β-amino-alcohol motifs (C(OH)–C–C–N with tert-alkyl or cyclic N) is 1. The molecule has 1 aromatic rings. The number of rotatable bonds is 4. The number of aryl methyl sites for hydroxylation is 1. The second-order valence-corrected chi connectivity index (χ2v) is 6.06. The number of nitrogens with zero attached hydrogens (tertiary/aromatic N) is 4. The highest BCUT2D eigenvalue weighted by atomic mass is 16.6. The molecular formula is C13H18N4O4. The van der Waals surface area contributed by atoms with Gasteiger partial charge in [-0.3, -0.25) is 19.6 Å². The van der Waals surface area contributed by atoms with E-state index in [1.54, 1.807) is 18.7 Å². The summed E-state index contributed by atoms with van der Waals surface area (Å²) in [5.41, 5.74) is -0.0652. The predicted octanol–water partition coefficient (Wildman–Crippen LogP) is 0.391. The van der Waals surface area contributed by atoms with Crippen molar-refractivity contribution in [3.8, 4) is 0 Å². The smallest absolute Gasteiger partial charge is 0.312 e. The molecule has 1 amide bonds. The monoisotopic (exact) mass is 294 g/mol. The number of aliphatic hydroxyl groups is 1. The third-order valence-corrected chi connectivity index (χ3v) is 4.43. The zero-order valence-electron chi connectivity index (χ0n) is 12.1. The van der Waals surface area contributed by atoms with E-state index in [9.17, 15) is 20.0 Å². The van der Waals surface area contributed by atoms with Crippen molar-refractivity contribution < 1.29 is 14.8 Å². The molecule has 8 heteroatoms. The molecular weight excluding hydrogens is 276 g/mol. The number of hydrogen-bond donors (Lipinski definition) is 1. The van der Waals surface area contributed by atoms with Crippen molar-refractivity contribution in [3.05, 3.63) is 21.5 Å². The van der Waals surface area contributed by atoms with Crippen molar-refractivity contribution in [1.82, 2.24) is 14.7 Å². The Labute approximate surface area is 121 Å². The van der Waals surface area contributed by atoms with Crippen LogP contribution in [0.2, 0.25) is 0 Å². The zero-order valence-corrected chi connectivity index (χ0v) is 12.1. The van der Waals surface area contributed by atoms with Gasteiger partial charge >= 0.3 is 5.69 Å². The Balaban J connectivity index is 1.66. The molecule has 2 heterocycles. The molecule has 2 aliphatic rings. The van der Waals surface area contributed by atoms with Crippen LogP contribution in [0, 0.1) is 29.9 Å². The molecule has 1 aromatic heterocycles. The van der Waals surface area contributed by atoms with Crippen LogP contribution < -0.4 is 0 Å². The van der Waals surface area contributed by atoms with Gasteiger partial charge < -0.3 is 10.0 Å². The third kappa shape index (κ3) is 2.29. The van der Waals surface area contributed by atoms with Gasteiger partial charge in [0.25, 0.3) is 0 Å². The predicted molar refractivity (Wildman–Crippen MR) is 72.6 cm³/mol. The van der Waals surface area contributed by atoms with E-state index in [1.807, 2.05) is 0 Å². The molecule has 114 valence electrons. The van der Waals surface area contributed by atoms with Crippen LogP contribution in [0.3, 0.4) is 0 Å². The van der Waals surface area contributed by atoms with Crippen molar-refractivity contribution in [2.45, 2.75) is 38.8 Å². The second-order valence-electron chi connectivity index (χ2n) is 6.06. The van der Waals surface area contributed by atoms with Gasteiger partial charge in [0.2, 0.25) is 5.91 Å². The molecule has 21 heavy (non-hydrogen) atoms. The van der Waals surface area contributed by atoms with Crippen LogP contribution in [-0.4, -0.2) is 49.3 Å². The van der Waals surface area contributed by atoms with E-state index in [1.165, 1.54) is 4.68 Å². The first-order valence-corrected chi connectivity index (χ1v) is 7.00. The van der Waals surface area contributed by atoms with E-state index in [4.69, 9.17) is 0 Å². The summed E-state index contributed by atoms with van der Waals surface area (Å²) in [5, 5.41) is 25.2. The van der Waals surface area contributed by atoms with E-state index in [2.05, 4.69) is 5.10 Å². The average molecular weight is 294 g/mol. The molecule has 1 aliphatic heterocycles. The summed E-state index contributed by atoms with van der Waals surface area (Å²) >= 11 is 0. The average Bonchev–Trinajstić information content (AvgIpc) is 3.14. The first kappa shape index (κ1) is 14.0. The number of carbonyl (C=O) groups is 1. The molecule has 1 N–H and O–H groups in total. The summed E-state index contributed by atoms with van der Waals surface area (Å²) in [5.74, 6) is 0.164. The Kier molecular flexibility index (Phi) is 3.01. The summed E-state index contributed by atoms with van der Waals surface area (Å²) in [6.07, 6.45) is 2.06. The fraction of sp³-hybridized carbons (Fsp3) is 0.692. The van der Waals surface area contributed by atoms with Crippen molar-refractivity contribution in [3.63, 3.8) is 0 Å². The summed E-state index contributed by atoms with van der Waals surface area (Å²) in [4.78, 5) is 24.2. The van der Waals surface area contributed by atoms with Crippen molar-refractivity contribution >= 4 is 11.6 Å². The largest absolute Gasteiger partial charge is 0.386 e. The first-order chi connectivity index (χ1) is 9.82. The molecule has 0 radical (unpaired) electrons. The lowest BCUT2D eigenvalue weighted by Crippen LogP contribution is -2.65. The highest BCUT2D eigenvalue weighted by Gasteiger charge is 2.53. The van der Waals surface area contributed by atoms with Gasteiger partial charge in [0.1, 0.15) is 23.5 Å². The van der Waals surface area contributed by atoms with Crippen LogP contribution in [0.15, 0.2) is 0 Å². The number of aromatic nitrogens is 2. The van der Waals surface area contributed by atoms with Crippen LogP contribution in [0.4, 0.5) is 5.69 Å². The van der Waals surface area contributed by atoms with Crippen molar-refractivity contribution in [1.29, 1.82) is 0 Å². The molecule has 1 aliphatic carbocycles. The van der Waals surface area contributed by atoms with Gasteiger partial charge in [-0.25, -0.2) is 0 Å². The maximum atomic E-state index is 12.2. The Morgan fingerprint density at radius 1 is 1.48 bits per heavy atom. The minimum atomic E-state index is -0.712. The molecule has 8 nitrogen and oxygen atoms in total. The number of hydrogen-bond acceptors (Lipinski definition) is 5. The number of amides is 1. The van der Waals surface area contributed by atoms with Crippen LogP contribution in [0.5, 0.6) is 0 Å². The van der Waals surface area contributed by atoms with Crippen LogP contribution in [-0.2, 0) is 11.3 Å². The molecule has 0 spiro atoms. The quantitative estimate of drug-likeness (QED) is 0.639. The Morgan fingerprint density at radius 3 is 2.57 bits per heavy atom. The van der Waals surface area contributed by atoms with Gasteiger partial charge in [0, 0.05) is 0 Å². The third-order valence-electron chi connectivity index (χ3n) is 4.43. The minimum Gasteiger partial charge on any atom is -0.386 e. The van der Waals surface area contributed by atoms with Gasteiger partial charge in [-0.1, -0.05) is 0 Å². The molecule has 0 atom stereocenters. The highest BCUT2D eigenvalue weighted by Crippen LogP contribution is 2.44. The van der Waals surface area contributed by atoms with Gasteiger partial charge in [-0.15, -0.1) is 0 Å². The SMILES string of the molecule is Cc1nn(CC(=O)N2CC(O)(C3CC3)C2)c(C)c1[N+](=O)[O-]. The maximum Gasteiger partial charge on any atom is 0.312 e. The Morgan fingerprint density at radius 2 is 2.10 bits per heavy atom. The lowest BCUT2D eigenvalue weighted by atomic mass is 9.89. The summed E-state index contributed by atoms with van der Waals surface area (Å²) < 4.78 is 1.37. The van der Waals surface area contributed by atoms with Gasteiger partial charge in [0.15, 0.2) is 0 Å². The Bertz CT molecular complexity index is 614. The van der Waals surface area contributed by atoms with E-state index >= 15 is 0 Å². The second kappa shape index (κ2) is 4.52. The van der Waals surface area contributed by atoms with Crippen molar-refractivity contribution in [2.24, 2.45) is 5.92 Å². The number of likely N-dealkylation sites (tertiary alicyclic amines) is 1. The van der Waals surface area contributed by atoms with E-state index in [0.717, 1.165) is 12.8 Å². The molecule has 0 unspecified atom stereocenters. The standard InChI is InChI=1S/C13H18N4O4/c1-8-12(17(20)21)9(2)16(14-8)5-11(18)15-6-13(19,7-15)10-3-4-10/h10,19H,3-7H2,1-2H3. The van der Waals surface area contributed by atoms with E-state index < -0.39 is 10.5 Å². The fourth-order valence-electron chi connectivity index (χ4n) is 3.00. The van der Waals surface area contributed by atoms with Crippen LogP contribution in [0.25, 0.3) is 0 Å². The minimum absolute atomic E-state index is 0.0265. The highest BCUT2D eigenvalue weighted by molar-refractivity contribution is 5.77. The summed E-state index contributed by atoms with van der Waals surface area (Å²) in [7, 11) is 0. The van der Waals surface area contributed by atoms with Gasteiger partial charge in [-0.05, 0) is 32.6 Å². The summed E-state index contributed by atoms with van der Waals surface area (Å²) in [6.45, 7) is 3.83. The lowest BCUT2D eigenvalue weighted by Gasteiger charge is -2.47. The van der Waals surface area contributed by atoms with Crippen molar-refractivity contribution in [2.75, 3.05) is 13.1 Å². The molecule has 3 rings (SSSR count). The van der Waals surface area contributed by atoms with Crippen LogP contribution in [0.1, 0.15) is 24.2 Å². The van der Waals surface area contributed by atoms with Gasteiger partial charge in [0.05, 0.1) is 18.0 Å². The summed E-state index contributed by atoms with van der Waals surface area (Å²) in [6, 6.07) is 0. The van der Waals surface area contributed by atoms with E-state index in [-0.39, 0.29) is 18.1 Å². The van der Waals surface area contributed by atoms with Crippen LogP contribution >= 0.6 is 0 Å². The first-order valence-electron chi connectivity index (χ1n) is 7.00. The normalized spacial score (nSPS) is 20.2. The number of carbonyl (C=O) groups excluding carboxylic acids is 1. The topological polar surface area (TPSA) is 102 Å². The van der Waals surface area contributed by atoms with E-state index in [0.29, 0.717) is 30.4 Å². The fourth-order valence-corrected chi connectivity index (χ4v) is 3.00. The number of nitro groups is 1. The zero-order chi connectivity index (χ0) is 15.4. The Hall–Kier alpha value is -1.96. The molecule has 0 bridgehead atoms. The molecule has 2 fully saturated rings. The maximum absolute atomic E-state index is 12.2.